The molecule has 5 aliphatic carbocycles. The third kappa shape index (κ3) is 4.90. The van der Waals surface area contributed by atoms with E-state index in [4.69, 9.17) is 5.73 Å². The molecule has 7 rings (SSSR count). The first-order valence-electron chi connectivity index (χ1n) is 15.8. The first-order chi connectivity index (χ1) is 19.2. The minimum atomic E-state index is -0.958. The van der Waals surface area contributed by atoms with E-state index in [1.165, 1.54) is 51.4 Å². The Morgan fingerprint density at radius 1 is 0.950 bits per heavy atom. The van der Waals surface area contributed by atoms with Gasteiger partial charge in [0, 0.05) is 31.1 Å². The predicted molar refractivity (Wildman–Crippen MR) is 153 cm³/mol. The summed E-state index contributed by atoms with van der Waals surface area (Å²) in [5.41, 5.74) is 8.37. The first-order valence-corrected chi connectivity index (χ1v) is 15.8. The molecule has 3 atom stereocenters. The number of nitrogens with one attached hydrogen (secondary N) is 3. The maximum absolute atomic E-state index is 14.3. The molecule has 216 valence electrons. The maximum Gasteiger partial charge on any atom is 0.318 e. The first kappa shape index (κ1) is 26.3. The highest BCUT2D eigenvalue weighted by Gasteiger charge is 2.55. The number of benzene rings is 1. The van der Waals surface area contributed by atoms with Crippen molar-refractivity contribution in [2.24, 2.45) is 41.2 Å². The molecule has 1 aromatic carbocycles. The van der Waals surface area contributed by atoms with Crippen LogP contribution in [0.25, 0.3) is 0 Å². The molecule has 1 unspecified atom stereocenters. The van der Waals surface area contributed by atoms with Gasteiger partial charge in [0.25, 0.3) is 0 Å². The molecule has 1 heterocycles. The van der Waals surface area contributed by atoms with Gasteiger partial charge in [-0.25, -0.2) is 4.79 Å². The van der Waals surface area contributed by atoms with Crippen molar-refractivity contribution in [2.45, 2.75) is 102 Å². The van der Waals surface area contributed by atoms with Gasteiger partial charge < -0.3 is 26.6 Å². The van der Waals surface area contributed by atoms with E-state index in [9.17, 15) is 14.4 Å². The van der Waals surface area contributed by atoms with Crippen LogP contribution in [0.2, 0.25) is 0 Å². The minimum Gasteiger partial charge on any atom is -0.351 e. The second-order valence-corrected chi connectivity index (χ2v) is 14.2. The number of carbonyl (C=O) groups is 3. The fourth-order valence-corrected chi connectivity index (χ4v) is 7.67. The number of nitrogens with zero attached hydrogens (tertiary/aromatic N) is 1. The van der Waals surface area contributed by atoms with Crippen LogP contribution in [0.15, 0.2) is 18.2 Å². The van der Waals surface area contributed by atoms with E-state index < -0.39 is 11.6 Å². The van der Waals surface area contributed by atoms with E-state index in [0.29, 0.717) is 49.0 Å². The van der Waals surface area contributed by atoms with Crippen LogP contribution >= 0.6 is 0 Å². The number of hydrogen-bond acceptors (Lipinski definition) is 4. The Kier molecular flexibility index (Phi) is 6.41. The van der Waals surface area contributed by atoms with Crippen molar-refractivity contribution in [3.63, 3.8) is 0 Å². The molecule has 1 aliphatic heterocycles. The van der Waals surface area contributed by atoms with Gasteiger partial charge in [-0.2, -0.15) is 0 Å². The van der Waals surface area contributed by atoms with E-state index in [0.717, 1.165) is 16.8 Å². The van der Waals surface area contributed by atoms with Crippen molar-refractivity contribution in [3.05, 3.63) is 29.3 Å². The Balaban J connectivity index is 1.12. The summed E-state index contributed by atoms with van der Waals surface area (Å²) in [5.74, 6) is 2.80. The standard InChI is InChI=1S/C32H45N5O3/c1-17(2)25-16-37(31(40)35-25)32(30(39)36-28(20-7-8-20)21-9-10-21)14-22-11-12-24(13-23(22)15-32)34-29(38)27(33)26(18-3-4-18)19-5-6-19/h11-13,17-21,25-28H,3-10,14-16,33H2,1-2H3,(H,34,38)(H,35,40)(H,36,39)/t25-,27-,32?/m0/s1. The predicted octanol–water partition coefficient (Wildman–Crippen LogP) is 3.58. The van der Waals surface area contributed by atoms with Crippen molar-refractivity contribution < 1.29 is 14.4 Å². The third-order valence-electron chi connectivity index (χ3n) is 10.7. The van der Waals surface area contributed by atoms with Gasteiger partial charge in [-0.15, -0.1) is 0 Å². The Labute approximate surface area is 237 Å². The number of carbonyl (C=O) groups excluding carboxylic acids is 3. The topological polar surface area (TPSA) is 117 Å². The average Bonchev–Trinajstić information content (AvgIpc) is 3.73. The fraction of sp³-hybridized carbons (Fsp3) is 0.719. The van der Waals surface area contributed by atoms with Crippen molar-refractivity contribution in [1.82, 2.24) is 15.5 Å². The zero-order valence-corrected chi connectivity index (χ0v) is 24.0. The lowest BCUT2D eigenvalue weighted by atomic mass is 9.89. The van der Waals surface area contributed by atoms with E-state index in [2.05, 4.69) is 29.8 Å². The number of urea groups is 1. The van der Waals surface area contributed by atoms with Gasteiger partial charge in [0.1, 0.15) is 5.54 Å². The van der Waals surface area contributed by atoms with Crippen LogP contribution in [-0.4, -0.2) is 53.0 Å². The number of fused-ring (bicyclic) bond motifs is 1. The Morgan fingerprint density at radius 2 is 1.55 bits per heavy atom. The van der Waals surface area contributed by atoms with Crippen LogP contribution in [0.5, 0.6) is 0 Å². The second kappa shape index (κ2) is 9.74. The zero-order valence-electron chi connectivity index (χ0n) is 24.0. The highest BCUT2D eigenvalue weighted by atomic mass is 16.2. The lowest BCUT2D eigenvalue weighted by Crippen LogP contribution is -2.62. The summed E-state index contributed by atoms with van der Waals surface area (Å²) in [6, 6.07) is 5.57. The second-order valence-electron chi connectivity index (χ2n) is 14.2. The monoisotopic (exact) mass is 547 g/mol. The summed E-state index contributed by atoms with van der Waals surface area (Å²) >= 11 is 0. The molecular weight excluding hydrogens is 502 g/mol. The highest BCUT2D eigenvalue weighted by Crippen LogP contribution is 2.50. The molecule has 0 radical (unpaired) electrons. The van der Waals surface area contributed by atoms with Gasteiger partial charge in [0.2, 0.25) is 11.8 Å². The zero-order chi connectivity index (χ0) is 27.8. The van der Waals surface area contributed by atoms with Crippen molar-refractivity contribution in [1.29, 1.82) is 0 Å². The van der Waals surface area contributed by atoms with Gasteiger partial charge >= 0.3 is 6.03 Å². The van der Waals surface area contributed by atoms with Gasteiger partial charge in [-0.05, 0) is 110 Å². The van der Waals surface area contributed by atoms with Crippen LogP contribution in [-0.2, 0) is 22.4 Å². The lowest BCUT2D eigenvalue weighted by Gasteiger charge is -2.38. The molecule has 5 fully saturated rings. The quantitative estimate of drug-likeness (QED) is 0.339. The van der Waals surface area contributed by atoms with Crippen LogP contribution in [0, 0.1) is 35.5 Å². The molecule has 0 spiro atoms. The Morgan fingerprint density at radius 3 is 2.10 bits per heavy atom. The molecule has 40 heavy (non-hydrogen) atoms. The number of anilines is 1. The number of nitrogens with two attached hydrogens (primary N) is 1. The number of rotatable bonds is 11. The van der Waals surface area contributed by atoms with E-state index in [1.54, 1.807) is 0 Å². The summed E-state index contributed by atoms with van der Waals surface area (Å²) in [4.78, 5) is 42.6. The summed E-state index contributed by atoms with van der Waals surface area (Å²) < 4.78 is 0. The molecule has 4 saturated carbocycles. The van der Waals surface area contributed by atoms with Crippen LogP contribution in [0.3, 0.4) is 0 Å². The van der Waals surface area contributed by atoms with Crippen molar-refractivity contribution in [3.8, 4) is 0 Å². The summed E-state index contributed by atoms with van der Waals surface area (Å²) in [7, 11) is 0. The van der Waals surface area contributed by atoms with E-state index in [1.807, 2.05) is 23.1 Å². The van der Waals surface area contributed by atoms with E-state index >= 15 is 0 Å². The van der Waals surface area contributed by atoms with Crippen molar-refractivity contribution >= 4 is 23.5 Å². The fourth-order valence-electron chi connectivity index (χ4n) is 7.67. The molecular formula is C32H45N5O3. The molecule has 1 aromatic rings. The maximum atomic E-state index is 14.3. The van der Waals surface area contributed by atoms with Crippen LogP contribution in [0.1, 0.15) is 76.3 Å². The molecule has 8 nitrogen and oxygen atoms in total. The Hall–Kier alpha value is -2.61. The smallest absolute Gasteiger partial charge is 0.318 e. The summed E-state index contributed by atoms with van der Waals surface area (Å²) in [5, 5.41) is 9.69. The number of hydrogen-bond donors (Lipinski definition) is 4. The minimum absolute atomic E-state index is 0.0172. The SMILES string of the molecule is CC(C)[C@@H]1CN(C2(C(=O)NC(C3CC3)C3CC3)Cc3ccc(NC(=O)[C@@H](N)C(C4CC4)C4CC4)cc3C2)C(=O)N1. The summed E-state index contributed by atoms with van der Waals surface area (Å²) in [6.07, 6.45) is 10.4. The van der Waals surface area contributed by atoms with Crippen LogP contribution < -0.4 is 21.7 Å². The summed E-state index contributed by atoms with van der Waals surface area (Å²) in [6.45, 7) is 4.74. The molecule has 0 bridgehead atoms. The largest absolute Gasteiger partial charge is 0.351 e. The van der Waals surface area contributed by atoms with Crippen LogP contribution in [0.4, 0.5) is 10.5 Å². The van der Waals surface area contributed by atoms with Gasteiger partial charge in [0.15, 0.2) is 0 Å². The molecule has 0 aromatic heterocycles. The molecule has 5 N–H and O–H groups in total. The van der Waals surface area contributed by atoms with Gasteiger partial charge in [0.05, 0.1) is 12.1 Å². The van der Waals surface area contributed by atoms with Gasteiger partial charge in [-0.1, -0.05) is 19.9 Å². The molecule has 8 heteroatoms. The lowest BCUT2D eigenvalue weighted by molar-refractivity contribution is -0.132. The molecule has 1 saturated heterocycles. The van der Waals surface area contributed by atoms with Crippen molar-refractivity contribution in [2.75, 3.05) is 11.9 Å². The Bertz CT molecular complexity index is 1180. The third-order valence-corrected chi connectivity index (χ3v) is 10.7. The average molecular weight is 548 g/mol. The van der Waals surface area contributed by atoms with E-state index in [-0.39, 0.29) is 35.8 Å². The van der Waals surface area contributed by atoms with Gasteiger partial charge in [-0.3, -0.25) is 9.59 Å². The number of amides is 4. The molecule has 6 aliphatic rings. The highest BCUT2D eigenvalue weighted by molar-refractivity contribution is 5.96. The normalized spacial score (nSPS) is 28.7. The molecule has 4 amide bonds.